The van der Waals surface area contributed by atoms with Gasteiger partial charge in [0, 0.05) is 6.54 Å². The summed E-state index contributed by atoms with van der Waals surface area (Å²) in [5.41, 5.74) is -0.395. The zero-order valence-corrected chi connectivity index (χ0v) is 11.2. The molecule has 0 bridgehead atoms. The summed E-state index contributed by atoms with van der Waals surface area (Å²) in [6, 6.07) is 0. The van der Waals surface area contributed by atoms with E-state index in [1.807, 2.05) is 6.08 Å². The molecule has 1 atom stereocenters. The molecule has 0 radical (unpaired) electrons. The van der Waals surface area contributed by atoms with Gasteiger partial charge in [-0.05, 0) is 30.8 Å². The Balaban J connectivity index is 3.01. The van der Waals surface area contributed by atoms with Gasteiger partial charge in [0.05, 0.1) is 18.9 Å². The number of ether oxygens (including phenoxy) is 1. The number of hydrogen-bond acceptors (Lipinski definition) is 2. The summed E-state index contributed by atoms with van der Waals surface area (Å²) in [4.78, 5) is 13.0. The monoisotopic (exact) mass is 241 g/mol. The summed E-state index contributed by atoms with van der Waals surface area (Å²) in [7, 11) is 1.60. The molecule has 1 fully saturated rings. The van der Waals surface area contributed by atoms with Gasteiger partial charge in [-0.1, -0.05) is 20.8 Å². The Morgan fingerprint density at radius 2 is 2.18 bits per heavy atom. The van der Waals surface area contributed by atoms with Crippen LogP contribution in [0, 0.1) is 5.41 Å². The fourth-order valence-corrected chi connectivity index (χ4v) is 2.79. The molecule has 0 aromatic heterocycles. The molecule has 1 amide bonds. The molecule has 1 heterocycles. The number of likely N-dealkylation sites (tertiary alicyclic amines) is 1. The highest BCUT2D eigenvalue weighted by molar-refractivity contribution is 5.67. The summed E-state index contributed by atoms with van der Waals surface area (Å²) >= 11 is 0. The fraction of sp³-hybridized carbons (Fsp3) is 0.769. The maximum Gasteiger partial charge on any atom is 0.407 e. The minimum absolute atomic E-state index is 0.0834. The Bertz CT molecular complexity index is 306. The van der Waals surface area contributed by atoms with Gasteiger partial charge in [-0.3, -0.25) is 0 Å². The van der Waals surface area contributed by atoms with Crippen LogP contribution in [0.1, 0.15) is 40.0 Å². The van der Waals surface area contributed by atoms with Gasteiger partial charge in [0.25, 0.3) is 0 Å². The van der Waals surface area contributed by atoms with E-state index < -0.39 is 6.09 Å². The zero-order chi connectivity index (χ0) is 13.1. The third kappa shape index (κ3) is 2.56. The first-order valence-corrected chi connectivity index (χ1v) is 6.03. The smallest absolute Gasteiger partial charge is 0.407 e. The van der Waals surface area contributed by atoms with Crippen molar-refractivity contribution in [1.29, 1.82) is 0 Å². The van der Waals surface area contributed by atoms with Gasteiger partial charge in [0.15, 0.2) is 0 Å². The Kier molecular flexibility index (Phi) is 4.07. The van der Waals surface area contributed by atoms with Gasteiger partial charge in [-0.25, -0.2) is 4.79 Å². The largest absolute Gasteiger partial charge is 0.505 e. The Labute approximate surface area is 103 Å². The molecule has 17 heavy (non-hydrogen) atoms. The van der Waals surface area contributed by atoms with Crippen LogP contribution in [0.5, 0.6) is 0 Å². The fourth-order valence-electron chi connectivity index (χ4n) is 2.79. The molecule has 1 unspecified atom stereocenters. The minimum atomic E-state index is -0.816. The molecule has 0 aromatic rings. The van der Waals surface area contributed by atoms with Crippen molar-refractivity contribution in [1.82, 2.24) is 4.90 Å². The van der Waals surface area contributed by atoms with Crippen LogP contribution < -0.4 is 0 Å². The van der Waals surface area contributed by atoms with Crippen molar-refractivity contribution < 1.29 is 14.6 Å². The minimum Gasteiger partial charge on any atom is -0.505 e. The van der Waals surface area contributed by atoms with E-state index in [1.54, 1.807) is 18.3 Å². The predicted molar refractivity (Wildman–Crippen MR) is 66.9 cm³/mol. The van der Waals surface area contributed by atoms with Crippen molar-refractivity contribution in [2.75, 3.05) is 13.7 Å². The first-order valence-electron chi connectivity index (χ1n) is 6.03. The van der Waals surface area contributed by atoms with E-state index in [-0.39, 0.29) is 11.0 Å². The van der Waals surface area contributed by atoms with Gasteiger partial charge >= 0.3 is 6.09 Å². The van der Waals surface area contributed by atoms with Crippen molar-refractivity contribution in [2.45, 2.75) is 45.6 Å². The van der Waals surface area contributed by atoms with E-state index in [4.69, 9.17) is 4.74 Å². The second kappa shape index (κ2) is 4.98. The number of hydrogen-bond donors (Lipinski definition) is 1. The standard InChI is InChI=1S/C13H23NO3/c1-12(2,3)13(8-6-10-17-4)7-5-9-14(13)11(15)16/h6,10H,5,7-9H2,1-4H3,(H,15,16). The Morgan fingerprint density at radius 1 is 1.53 bits per heavy atom. The lowest BCUT2D eigenvalue weighted by Crippen LogP contribution is -2.55. The van der Waals surface area contributed by atoms with Gasteiger partial charge in [0.1, 0.15) is 0 Å². The number of nitrogens with zero attached hydrogens (tertiary/aromatic N) is 1. The molecule has 1 N–H and O–H groups in total. The second-order valence-electron chi connectivity index (χ2n) is 5.63. The van der Waals surface area contributed by atoms with Gasteiger partial charge in [0.2, 0.25) is 0 Å². The summed E-state index contributed by atoms with van der Waals surface area (Å²) in [6.45, 7) is 6.95. The van der Waals surface area contributed by atoms with Crippen molar-refractivity contribution in [2.24, 2.45) is 5.41 Å². The third-order valence-corrected chi connectivity index (χ3v) is 3.80. The Hall–Kier alpha value is -1.19. The van der Waals surface area contributed by atoms with E-state index in [0.29, 0.717) is 13.0 Å². The van der Waals surface area contributed by atoms with Crippen molar-refractivity contribution in [3.8, 4) is 0 Å². The zero-order valence-electron chi connectivity index (χ0n) is 11.2. The summed E-state index contributed by atoms with van der Waals surface area (Å²) < 4.78 is 4.91. The molecule has 0 aromatic carbocycles. The lowest BCUT2D eigenvalue weighted by atomic mass is 9.70. The van der Waals surface area contributed by atoms with E-state index in [2.05, 4.69) is 20.8 Å². The number of carboxylic acid groups (broad SMARTS) is 1. The van der Waals surface area contributed by atoms with Crippen LogP contribution in [0.3, 0.4) is 0 Å². The van der Waals surface area contributed by atoms with E-state index in [0.717, 1.165) is 12.8 Å². The molecular formula is C13H23NO3. The molecule has 1 saturated heterocycles. The normalized spacial score (nSPS) is 25.5. The lowest BCUT2D eigenvalue weighted by molar-refractivity contribution is 0.0323. The van der Waals surface area contributed by atoms with Crippen LogP contribution in [-0.2, 0) is 4.74 Å². The molecule has 1 aliphatic heterocycles. The van der Waals surface area contributed by atoms with E-state index in [9.17, 15) is 9.90 Å². The maximum atomic E-state index is 11.4. The van der Waals surface area contributed by atoms with Gasteiger partial charge in [-0.2, -0.15) is 0 Å². The molecule has 4 heteroatoms. The van der Waals surface area contributed by atoms with Crippen molar-refractivity contribution >= 4 is 6.09 Å². The molecule has 1 rings (SSSR count). The van der Waals surface area contributed by atoms with Crippen LogP contribution in [0.15, 0.2) is 12.3 Å². The SMILES string of the molecule is COC=CCC1(C(C)(C)C)CCCN1C(=O)O. The molecule has 98 valence electrons. The van der Waals surface area contributed by atoms with Crippen molar-refractivity contribution in [3.05, 3.63) is 12.3 Å². The summed E-state index contributed by atoms with van der Waals surface area (Å²) in [6.07, 6.45) is 5.29. The lowest BCUT2D eigenvalue weighted by Gasteiger charge is -2.46. The Morgan fingerprint density at radius 3 is 2.65 bits per heavy atom. The van der Waals surface area contributed by atoms with Crippen LogP contribution in [0.2, 0.25) is 0 Å². The van der Waals surface area contributed by atoms with Crippen molar-refractivity contribution in [3.63, 3.8) is 0 Å². The van der Waals surface area contributed by atoms with Crippen LogP contribution in [0.25, 0.3) is 0 Å². The number of methoxy groups -OCH3 is 1. The summed E-state index contributed by atoms with van der Waals surface area (Å²) in [5.74, 6) is 0. The molecule has 4 nitrogen and oxygen atoms in total. The summed E-state index contributed by atoms with van der Waals surface area (Å²) in [5, 5.41) is 9.34. The second-order valence-corrected chi connectivity index (χ2v) is 5.63. The highest BCUT2D eigenvalue weighted by Gasteiger charge is 2.50. The quantitative estimate of drug-likeness (QED) is 0.772. The maximum absolute atomic E-state index is 11.4. The van der Waals surface area contributed by atoms with Crippen LogP contribution >= 0.6 is 0 Å². The highest BCUT2D eigenvalue weighted by atomic mass is 16.5. The molecular weight excluding hydrogens is 218 g/mol. The molecule has 0 saturated carbocycles. The molecule has 1 aliphatic rings. The van der Waals surface area contributed by atoms with E-state index in [1.165, 1.54) is 0 Å². The number of carbonyl (C=O) groups is 1. The topological polar surface area (TPSA) is 49.8 Å². The average molecular weight is 241 g/mol. The van der Waals surface area contributed by atoms with Crippen LogP contribution in [-0.4, -0.2) is 35.3 Å². The average Bonchev–Trinajstić information content (AvgIpc) is 2.62. The third-order valence-electron chi connectivity index (χ3n) is 3.80. The van der Waals surface area contributed by atoms with Crippen LogP contribution in [0.4, 0.5) is 4.79 Å². The predicted octanol–water partition coefficient (Wildman–Crippen LogP) is 3.10. The molecule has 0 aliphatic carbocycles. The first-order chi connectivity index (χ1) is 7.85. The van der Waals surface area contributed by atoms with Gasteiger partial charge < -0.3 is 14.7 Å². The number of amides is 1. The van der Waals surface area contributed by atoms with E-state index >= 15 is 0 Å². The first kappa shape index (κ1) is 13.9. The van der Waals surface area contributed by atoms with Gasteiger partial charge in [-0.15, -0.1) is 0 Å². The molecule has 0 spiro atoms. The number of rotatable bonds is 3. The highest BCUT2D eigenvalue weighted by Crippen LogP contribution is 2.46.